The van der Waals surface area contributed by atoms with Gasteiger partial charge < -0.3 is 14.8 Å². The van der Waals surface area contributed by atoms with Gasteiger partial charge in [-0.3, -0.25) is 14.6 Å². The summed E-state index contributed by atoms with van der Waals surface area (Å²) < 4.78 is 10.6. The molecule has 9 heteroatoms. The van der Waals surface area contributed by atoms with Gasteiger partial charge in [-0.1, -0.05) is 30.3 Å². The van der Waals surface area contributed by atoms with Crippen molar-refractivity contribution in [1.29, 1.82) is 0 Å². The number of nitrogens with zero attached hydrogens (tertiary/aromatic N) is 3. The Morgan fingerprint density at radius 3 is 2.86 bits per heavy atom. The van der Waals surface area contributed by atoms with Crippen LogP contribution in [0.2, 0.25) is 0 Å². The van der Waals surface area contributed by atoms with Crippen LogP contribution in [0.4, 0.5) is 5.69 Å². The van der Waals surface area contributed by atoms with Gasteiger partial charge in [0.15, 0.2) is 11.5 Å². The number of carbonyl (C=O) groups excluding carboxylic acids is 2. The molecular weight excluding hydrogens is 374 g/mol. The number of hydrazone groups is 1. The van der Waals surface area contributed by atoms with E-state index in [0.29, 0.717) is 23.6 Å². The van der Waals surface area contributed by atoms with Crippen molar-refractivity contribution >= 4 is 23.8 Å². The number of hydrogen-bond acceptors (Lipinski definition) is 7. The zero-order chi connectivity index (χ0) is 19.8. The summed E-state index contributed by atoms with van der Waals surface area (Å²) in [6.07, 6.45) is 2.16. The predicted molar refractivity (Wildman–Crippen MR) is 104 cm³/mol. The lowest BCUT2D eigenvalue weighted by atomic mass is 10.0. The third kappa shape index (κ3) is 3.36. The number of benzene rings is 2. The molecule has 2 amide bonds. The molecule has 2 aromatic rings. The summed E-state index contributed by atoms with van der Waals surface area (Å²) in [5.41, 5.74) is 4.96. The fraction of sp³-hybridized carbons (Fsp3) is 0.250. The van der Waals surface area contributed by atoms with E-state index in [4.69, 9.17) is 9.47 Å². The normalized spacial score (nSPS) is 22.0. The molecule has 3 aliphatic heterocycles. The van der Waals surface area contributed by atoms with Crippen LogP contribution in [-0.4, -0.2) is 47.6 Å². The molecule has 5 rings (SSSR count). The molecular formula is C20H19N5O4. The van der Waals surface area contributed by atoms with Crippen LogP contribution in [-0.2, 0) is 9.59 Å². The monoisotopic (exact) mass is 393 g/mol. The number of anilines is 1. The summed E-state index contributed by atoms with van der Waals surface area (Å²) in [6.45, 7) is 0.00372. The van der Waals surface area contributed by atoms with Gasteiger partial charge in [0, 0.05) is 11.8 Å². The zero-order valence-electron chi connectivity index (χ0n) is 15.4. The number of nitrogens with one attached hydrogen (secondary N) is 2. The smallest absolute Gasteiger partial charge is 0.267 e. The van der Waals surface area contributed by atoms with Crippen LogP contribution < -0.4 is 20.2 Å². The van der Waals surface area contributed by atoms with Gasteiger partial charge >= 0.3 is 0 Å². The van der Waals surface area contributed by atoms with E-state index in [0.717, 1.165) is 5.56 Å². The summed E-state index contributed by atoms with van der Waals surface area (Å²) in [4.78, 5) is 25.3. The first-order valence-corrected chi connectivity index (χ1v) is 9.32. The Morgan fingerprint density at radius 1 is 1.17 bits per heavy atom. The molecule has 1 saturated heterocycles. The first kappa shape index (κ1) is 17.5. The molecule has 148 valence electrons. The largest absolute Gasteiger partial charge is 0.454 e. The summed E-state index contributed by atoms with van der Waals surface area (Å²) in [6, 6.07) is 14.7. The van der Waals surface area contributed by atoms with Crippen molar-refractivity contribution in [3.63, 3.8) is 0 Å². The number of hydrazine groups is 1. The van der Waals surface area contributed by atoms with Crippen molar-refractivity contribution in [3.8, 4) is 11.5 Å². The van der Waals surface area contributed by atoms with Gasteiger partial charge in [0.2, 0.25) is 12.7 Å². The molecule has 2 unspecified atom stereocenters. The van der Waals surface area contributed by atoms with E-state index in [-0.39, 0.29) is 31.2 Å². The molecule has 0 aromatic heterocycles. The number of amides is 2. The van der Waals surface area contributed by atoms with Crippen molar-refractivity contribution in [2.24, 2.45) is 5.10 Å². The topological polar surface area (TPSA) is 95.5 Å². The van der Waals surface area contributed by atoms with Gasteiger partial charge in [-0.05, 0) is 24.1 Å². The van der Waals surface area contributed by atoms with Gasteiger partial charge in [-0.25, -0.2) is 10.4 Å². The molecule has 1 fully saturated rings. The maximum absolute atomic E-state index is 12.8. The third-order valence-electron chi connectivity index (χ3n) is 5.11. The molecule has 2 N–H and O–H groups in total. The molecule has 0 bridgehead atoms. The van der Waals surface area contributed by atoms with Crippen LogP contribution in [0.25, 0.3) is 0 Å². The van der Waals surface area contributed by atoms with Crippen LogP contribution in [0.3, 0.4) is 0 Å². The lowest BCUT2D eigenvalue weighted by Crippen LogP contribution is -2.52. The number of fused-ring (bicyclic) bond motifs is 2. The van der Waals surface area contributed by atoms with Crippen molar-refractivity contribution in [3.05, 3.63) is 54.1 Å². The number of hydrogen-bond donors (Lipinski definition) is 2. The Hall–Kier alpha value is -3.59. The molecule has 2 aromatic carbocycles. The van der Waals surface area contributed by atoms with Crippen LogP contribution in [0.1, 0.15) is 18.0 Å². The number of rotatable bonds is 4. The molecule has 2 atom stereocenters. The Balaban J connectivity index is 1.22. The molecule has 9 nitrogen and oxygen atoms in total. The van der Waals surface area contributed by atoms with Gasteiger partial charge in [-0.2, -0.15) is 5.10 Å². The molecule has 3 aliphatic rings. The fourth-order valence-corrected chi connectivity index (χ4v) is 3.67. The lowest BCUT2D eigenvalue weighted by molar-refractivity contribution is -0.139. The second kappa shape index (κ2) is 7.10. The van der Waals surface area contributed by atoms with E-state index in [2.05, 4.69) is 15.8 Å². The SMILES string of the molecule is O=C(CN1N=CN2NC(c3ccccc3)CC2C1=O)Nc1ccc2c(c1)OCO2. The molecule has 29 heavy (non-hydrogen) atoms. The highest BCUT2D eigenvalue weighted by Crippen LogP contribution is 2.34. The van der Waals surface area contributed by atoms with Crippen LogP contribution in [0.5, 0.6) is 11.5 Å². The predicted octanol–water partition coefficient (Wildman–Crippen LogP) is 1.46. The first-order chi connectivity index (χ1) is 14.2. The maximum Gasteiger partial charge on any atom is 0.267 e. The van der Waals surface area contributed by atoms with E-state index >= 15 is 0 Å². The van der Waals surface area contributed by atoms with Gasteiger partial charge in [0.05, 0.1) is 6.04 Å². The lowest BCUT2D eigenvalue weighted by Gasteiger charge is -2.29. The van der Waals surface area contributed by atoms with Gasteiger partial charge in [-0.15, -0.1) is 0 Å². The molecule has 0 saturated carbocycles. The van der Waals surface area contributed by atoms with Gasteiger partial charge in [0.1, 0.15) is 18.9 Å². The third-order valence-corrected chi connectivity index (χ3v) is 5.11. The minimum atomic E-state index is -0.393. The summed E-state index contributed by atoms with van der Waals surface area (Å²) in [5, 5.41) is 9.82. The highest BCUT2D eigenvalue weighted by Gasteiger charge is 2.41. The van der Waals surface area contributed by atoms with Crippen LogP contribution >= 0.6 is 0 Å². The average molecular weight is 393 g/mol. The molecule has 0 aliphatic carbocycles. The summed E-state index contributed by atoms with van der Waals surface area (Å²) >= 11 is 0. The average Bonchev–Trinajstić information content (AvgIpc) is 3.38. The van der Waals surface area contributed by atoms with E-state index < -0.39 is 6.04 Å². The molecule has 0 radical (unpaired) electrons. The van der Waals surface area contributed by atoms with E-state index in [1.165, 1.54) is 5.01 Å². The van der Waals surface area contributed by atoms with Crippen molar-refractivity contribution < 1.29 is 19.1 Å². The number of carbonyl (C=O) groups is 2. The van der Waals surface area contributed by atoms with E-state index in [1.807, 2.05) is 30.3 Å². The maximum atomic E-state index is 12.8. The Bertz CT molecular complexity index is 980. The Morgan fingerprint density at radius 2 is 2.00 bits per heavy atom. The number of ether oxygens (including phenoxy) is 2. The van der Waals surface area contributed by atoms with Crippen molar-refractivity contribution in [1.82, 2.24) is 15.4 Å². The zero-order valence-corrected chi connectivity index (χ0v) is 15.4. The minimum Gasteiger partial charge on any atom is -0.454 e. The standard InChI is InChI=1S/C20H19N5O4/c26-19(22-14-6-7-17-18(8-14)29-12-28-17)10-24-20(27)16-9-15(23-25(16)11-21-24)13-4-2-1-3-5-13/h1-8,11,15-16,23H,9-10,12H2,(H,22,26). The molecule has 0 spiro atoms. The second-order valence-corrected chi connectivity index (χ2v) is 6.99. The van der Waals surface area contributed by atoms with Crippen LogP contribution in [0.15, 0.2) is 53.6 Å². The first-order valence-electron chi connectivity index (χ1n) is 9.32. The van der Waals surface area contributed by atoms with E-state index in [1.54, 1.807) is 29.5 Å². The summed E-state index contributed by atoms with van der Waals surface area (Å²) in [7, 11) is 0. The second-order valence-electron chi connectivity index (χ2n) is 6.99. The fourth-order valence-electron chi connectivity index (χ4n) is 3.67. The quantitative estimate of drug-likeness (QED) is 0.817. The van der Waals surface area contributed by atoms with Gasteiger partial charge in [0.25, 0.3) is 5.91 Å². The van der Waals surface area contributed by atoms with Crippen molar-refractivity contribution in [2.75, 3.05) is 18.7 Å². The minimum absolute atomic E-state index is 0.0269. The van der Waals surface area contributed by atoms with Crippen molar-refractivity contribution in [2.45, 2.75) is 18.5 Å². The molecule has 3 heterocycles. The highest BCUT2D eigenvalue weighted by atomic mass is 16.7. The Kier molecular flexibility index (Phi) is 4.28. The van der Waals surface area contributed by atoms with Crippen LogP contribution in [0, 0.1) is 0 Å². The van der Waals surface area contributed by atoms with E-state index in [9.17, 15) is 9.59 Å². The highest BCUT2D eigenvalue weighted by molar-refractivity contribution is 5.96. The Labute approximate surface area is 166 Å². The summed E-state index contributed by atoms with van der Waals surface area (Å²) in [5.74, 6) is 0.669.